The van der Waals surface area contributed by atoms with E-state index in [9.17, 15) is 4.79 Å². The molecule has 0 bridgehead atoms. The largest absolute Gasteiger partial charge is 0.287 e. The summed E-state index contributed by atoms with van der Waals surface area (Å²) in [5.41, 5.74) is 1.56. The molecule has 0 radical (unpaired) electrons. The van der Waals surface area contributed by atoms with Crippen molar-refractivity contribution in [1.82, 2.24) is 19.7 Å². The highest BCUT2D eigenvalue weighted by Crippen LogP contribution is 2.36. The molecule has 0 spiro atoms. The summed E-state index contributed by atoms with van der Waals surface area (Å²) in [6.45, 7) is 2.81. The number of rotatable bonds is 6. The monoisotopic (exact) mass is 397 g/mol. The fraction of sp³-hybridized carbons (Fsp3) is 0.421. The van der Waals surface area contributed by atoms with E-state index in [4.69, 9.17) is 10.2 Å². The molecule has 0 saturated heterocycles. The summed E-state index contributed by atoms with van der Waals surface area (Å²) in [6.07, 6.45) is 6.28. The molecule has 1 aliphatic carbocycles. The molecule has 0 N–H and O–H groups in total. The number of fused-ring (bicyclic) bond motifs is 3. The lowest BCUT2D eigenvalue weighted by Gasteiger charge is -2.11. The lowest BCUT2D eigenvalue weighted by molar-refractivity contribution is 0.541. The van der Waals surface area contributed by atoms with Gasteiger partial charge in [-0.15, -0.1) is 21.5 Å². The Morgan fingerprint density at radius 2 is 2.19 bits per heavy atom. The Labute approximate surface area is 165 Å². The van der Waals surface area contributed by atoms with Crippen LogP contribution < -0.4 is 5.56 Å². The molecule has 0 saturated carbocycles. The van der Waals surface area contributed by atoms with Gasteiger partial charge < -0.3 is 0 Å². The zero-order chi connectivity index (χ0) is 18.8. The Hall–Kier alpha value is -2.24. The molecule has 0 fully saturated rings. The summed E-state index contributed by atoms with van der Waals surface area (Å²) in [6, 6.07) is 5.35. The van der Waals surface area contributed by atoms with E-state index < -0.39 is 0 Å². The Morgan fingerprint density at radius 1 is 1.30 bits per heavy atom. The zero-order valence-electron chi connectivity index (χ0n) is 15.1. The zero-order valence-corrected chi connectivity index (χ0v) is 16.7. The fourth-order valence-electron chi connectivity index (χ4n) is 3.38. The molecular weight excluding hydrogens is 378 g/mol. The Bertz CT molecular complexity index is 1080. The van der Waals surface area contributed by atoms with E-state index in [1.807, 2.05) is 6.07 Å². The molecule has 138 valence electrons. The number of thiophene rings is 1. The molecule has 0 amide bonds. The van der Waals surface area contributed by atoms with Gasteiger partial charge in [0, 0.05) is 11.4 Å². The summed E-state index contributed by atoms with van der Waals surface area (Å²) in [7, 11) is 0. The van der Waals surface area contributed by atoms with Crippen LogP contribution >= 0.6 is 23.1 Å². The molecule has 1 aliphatic rings. The average molecular weight is 398 g/mol. The van der Waals surface area contributed by atoms with Gasteiger partial charge in [-0.05, 0) is 55.1 Å². The highest BCUT2D eigenvalue weighted by molar-refractivity contribution is 7.99. The molecule has 3 heterocycles. The van der Waals surface area contributed by atoms with Crippen LogP contribution in [0.3, 0.4) is 0 Å². The van der Waals surface area contributed by atoms with Crippen molar-refractivity contribution in [2.45, 2.75) is 62.2 Å². The number of nitrogens with zero attached hydrogens (tertiary/aromatic N) is 5. The van der Waals surface area contributed by atoms with Crippen LogP contribution in [0.2, 0.25) is 0 Å². The van der Waals surface area contributed by atoms with Gasteiger partial charge in [-0.1, -0.05) is 19.8 Å². The second-order valence-corrected chi connectivity index (χ2v) is 8.64. The molecule has 6 nitrogen and oxygen atoms in total. The number of aromatic nitrogens is 4. The molecule has 0 atom stereocenters. The lowest BCUT2D eigenvalue weighted by Crippen LogP contribution is -2.23. The number of aryl methyl sites for hydroxylation is 2. The molecule has 27 heavy (non-hydrogen) atoms. The average Bonchev–Trinajstić information content (AvgIpc) is 3.25. The number of hydrogen-bond donors (Lipinski definition) is 0. The minimum absolute atomic E-state index is 0.0691. The summed E-state index contributed by atoms with van der Waals surface area (Å²) in [4.78, 5) is 20.3. The van der Waals surface area contributed by atoms with E-state index in [-0.39, 0.29) is 11.3 Å². The summed E-state index contributed by atoms with van der Waals surface area (Å²) >= 11 is 2.99. The third kappa shape index (κ3) is 3.49. The SMILES string of the molecule is CCCCCn1c(Sc2ccc(C#N)nn2)nc2sc3c(c2c1=O)CCC3. The summed E-state index contributed by atoms with van der Waals surface area (Å²) < 4.78 is 1.80. The normalized spacial score (nSPS) is 13.0. The van der Waals surface area contributed by atoms with Gasteiger partial charge in [0.2, 0.25) is 0 Å². The summed E-state index contributed by atoms with van der Waals surface area (Å²) in [5.74, 6) is 0. The van der Waals surface area contributed by atoms with Crippen LogP contribution in [0.4, 0.5) is 0 Å². The van der Waals surface area contributed by atoms with Gasteiger partial charge in [-0.25, -0.2) is 4.98 Å². The van der Waals surface area contributed by atoms with E-state index in [1.165, 1.54) is 22.2 Å². The molecular formula is C19H19N5OS2. The molecule has 0 aromatic carbocycles. The van der Waals surface area contributed by atoms with Gasteiger partial charge in [-0.2, -0.15) is 5.26 Å². The maximum atomic E-state index is 13.3. The fourth-order valence-corrected chi connectivity index (χ4v) is 5.52. The van der Waals surface area contributed by atoms with Gasteiger partial charge in [-0.3, -0.25) is 9.36 Å². The van der Waals surface area contributed by atoms with Gasteiger partial charge in [0.15, 0.2) is 10.9 Å². The van der Waals surface area contributed by atoms with Crippen LogP contribution in [0.5, 0.6) is 0 Å². The quantitative estimate of drug-likeness (QED) is 0.462. The predicted molar refractivity (Wildman–Crippen MR) is 106 cm³/mol. The van der Waals surface area contributed by atoms with E-state index in [1.54, 1.807) is 28.0 Å². The van der Waals surface area contributed by atoms with Crippen molar-refractivity contribution in [3.05, 3.63) is 38.6 Å². The predicted octanol–water partition coefficient (Wildman–Crippen LogP) is 3.95. The Morgan fingerprint density at radius 3 is 2.93 bits per heavy atom. The Balaban J connectivity index is 1.78. The van der Waals surface area contributed by atoms with Crippen LogP contribution in [0, 0.1) is 11.3 Å². The third-order valence-corrected chi connectivity index (χ3v) is 6.83. The number of hydrogen-bond acceptors (Lipinski definition) is 7. The molecule has 0 unspecified atom stereocenters. The minimum atomic E-state index is 0.0691. The van der Waals surface area contributed by atoms with Crippen LogP contribution in [0.15, 0.2) is 27.1 Å². The molecule has 8 heteroatoms. The first-order valence-corrected chi connectivity index (χ1v) is 10.8. The smallest absolute Gasteiger partial charge is 0.263 e. The van der Waals surface area contributed by atoms with Crippen molar-refractivity contribution in [2.75, 3.05) is 0 Å². The van der Waals surface area contributed by atoms with Gasteiger partial charge in [0.25, 0.3) is 5.56 Å². The van der Waals surface area contributed by atoms with Gasteiger partial charge >= 0.3 is 0 Å². The maximum absolute atomic E-state index is 13.3. The molecule has 3 aromatic heterocycles. The van der Waals surface area contributed by atoms with Crippen LogP contribution in [-0.4, -0.2) is 19.7 Å². The highest BCUT2D eigenvalue weighted by atomic mass is 32.2. The van der Waals surface area contributed by atoms with E-state index in [2.05, 4.69) is 17.1 Å². The number of nitriles is 1. The second-order valence-electron chi connectivity index (χ2n) is 6.57. The molecule has 4 rings (SSSR count). The van der Waals surface area contributed by atoms with Crippen molar-refractivity contribution in [1.29, 1.82) is 5.26 Å². The minimum Gasteiger partial charge on any atom is -0.287 e. The Kier molecular flexibility index (Phi) is 5.23. The first-order valence-electron chi connectivity index (χ1n) is 9.18. The van der Waals surface area contributed by atoms with Crippen molar-refractivity contribution in [3.8, 4) is 6.07 Å². The molecule has 0 aliphatic heterocycles. The first-order chi connectivity index (χ1) is 13.2. The van der Waals surface area contributed by atoms with Crippen LogP contribution in [0.1, 0.15) is 48.7 Å². The number of unbranched alkanes of at least 4 members (excludes halogenated alkanes) is 2. The van der Waals surface area contributed by atoms with Crippen molar-refractivity contribution in [2.24, 2.45) is 0 Å². The third-order valence-electron chi connectivity index (χ3n) is 4.73. The standard InChI is InChI=1S/C19H19N5OS2/c1-2-3-4-10-24-18(25)16-13-6-5-7-14(13)26-17(16)21-19(24)27-15-9-8-12(11-20)22-23-15/h8-9H,2-7,10H2,1H3. The maximum Gasteiger partial charge on any atom is 0.263 e. The molecule has 3 aromatic rings. The van der Waals surface area contributed by atoms with Crippen LogP contribution in [0.25, 0.3) is 10.2 Å². The van der Waals surface area contributed by atoms with E-state index >= 15 is 0 Å². The second kappa shape index (κ2) is 7.79. The topological polar surface area (TPSA) is 84.5 Å². The van der Waals surface area contributed by atoms with E-state index in [0.717, 1.165) is 48.7 Å². The van der Waals surface area contributed by atoms with Crippen molar-refractivity contribution in [3.63, 3.8) is 0 Å². The van der Waals surface area contributed by atoms with Crippen LogP contribution in [-0.2, 0) is 19.4 Å². The van der Waals surface area contributed by atoms with Crippen molar-refractivity contribution >= 4 is 33.3 Å². The van der Waals surface area contributed by atoms with Crippen molar-refractivity contribution < 1.29 is 0 Å². The summed E-state index contributed by atoms with van der Waals surface area (Å²) in [5, 5.41) is 18.9. The van der Waals surface area contributed by atoms with E-state index in [0.29, 0.717) is 16.7 Å². The van der Waals surface area contributed by atoms with Gasteiger partial charge in [0.05, 0.1) is 5.39 Å². The highest BCUT2D eigenvalue weighted by Gasteiger charge is 2.23. The van der Waals surface area contributed by atoms with Gasteiger partial charge in [0.1, 0.15) is 15.9 Å². The lowest BCUT2D eigenvalue weighted by atomic mass is 10.2. The first kappa shape index (κ1) is 18.1.